The molecule has 0 unspecified atom stereocenters. The van der Waals surface area contributed by atoms with Gasteiger partial charge in [0.25, 0.3) is 5.54 Å². The third-order valence-corrected chi connectivity index (χ3v) is 3.30. The second-order valence-electron chi connectivity index (χ2n) is 3.49. The van der Waals surface area contributed by atoms with Crippen LogP contribution in [-0.2, 0) is 5.54 Å². The largest absolute Gasteiger partial charge is 0.497 e. The van der Waals surface area contributed by atoms with E-state index in [2.05, 4.69) is 20.8 Å². The zero-order valence-electron chi connectivity index (χ0n) is 7.88. The van der Waals surface area contributed by atoms with E-state index in [9.17, 15) is 0 Å². The number of hydrogen-bond donors (Lipinski definition) is 0. The summed E-state index contributed by atoms with van der Waals surface area (Å²) in [5.74, 6) is 0.818. The number of halogens is 1. The standard InChI is InChI=1S/C11H10BrNO/c1-13-11(5-6-11)9-7-8(14-2)3-4-10(9)12/h3-4,7H,5-6H2,2H3. The van der Waals surface area contributed by atoms with Crippen LogP contribution in [0, 0.1) is 6.57 Å². The molecule has 1 aromatic carbocycles. The molecule has 0 saturated heterocycles. The van der Waals surface area contributed by atoms with E-state index in [1.165, 1.54) is 0 Å². The number of ether oxygens (including phenoxy) is 1. The first-order chi connectivity index (χ1) is 6.72. The molecule has 0 radical (unpaired) electrons. The molecule has 0 bridgehead atoms. The van der Waals surface area contributed by atoms with Crippen molar-refractivity contribution >= 4 is 15.9 Å². The summed E-state index contributed by atoms with van der Waals surface area (Å²) in [6.07, 6.45) is 1.92. The van der Waals surface area contributed by atoms with Gasteiger partial charge in [0, 0.05) is 17.3 Å². The van der Waals surface area contributed by atoms with Gasteiger partial charge in [-0.25, -0.2) is 6.57 Å². The third kappa shape index (κ3) is 1.40. The van der Waals surface area contributed by atoms with Crippen molar-refractivity contribution in [1.29, 1.82) is 0 Å². The molecule has 3 heteroatoms. The van der Waals surface area contributed by atoms with Gasteiger partial charge in [0.15, 0.2) is 0 Å². The Hall–Kier alpha value is -1.01. The van der Waals surface area contributed by atoms with Gasteiger partial charge < -0.3 is 9.58 Å². The molecule has 0 aliphatic heterocycles. The number of nitrogens with zero attached hydrogens (tertiary/aromatic N) is 1. The molecule has 1 fully saturated rings. The lowest BCUT2D eigenvalue weighted by atomic mass is 10.1. The minimum Gasteiger partial charge on any atom is -0.497 e. The Balaban J connectivity index is 2.47. The summed E-state index contributed by atoms with van der Waals surface area (Å²) < 4.78 is 6.16. The molecule has 1 aliphatic carbocycles. The van der Waals surface area contributed by atoms with Crippen LogP contribution in [-0.4, -0.2) is 7.11 Å². The van der Waals surface area contributed by atoms with E-state index in [-0.39, 0.29) is 5.54 Å². The average molecular weight is 252 g/mol. The quantitative estimate of drug-likeness (QED) is 0.736. The van der Waals surface area contributed by atoms with Crippen LogP contribution >= 0.6 is 15.9 Å². The summed E-state index contributed by atoms with van der Waals surface area (Å²) in [7, 11) is 1.64. The van der Waals surface area contributed by atoms with E-state index in [0.717, 1.165) is 28.6 Å². The van der Waals surface area contributed by atoms with Crippen LogP contribution in [0.1, 0.15) is 18.4 Å². The molecule has 0 atom stereocenters. The number of benzene rings is 1. The molecule has 0 heterocycles. The Kier molecular flexibility index (Phi) is 2.24. The molecule has 72 valence electrons. The normalized spacial score (nSPS) is 17.2. The van der Waals surface area contributed by atoms with Gasteiger partial charge in [0.05, 0.1) is 12.7 Å². The van der Waals surface area contributed by atoms with Gasteiger partial charge in [0.1, 0.15) is 5.75 Å². The summed E-state index contributed by atoms with van der Waals surface area (Å²) >= 11 is 3.48. The Bertz CT molecular complexity index is 404. The maximum absolute atomic E-state index is 7.19. The molecule has 1 aromatic rings. The van der Waals surface area contributed by atoms with Gasteiger partial charge in [-0.1, -0.05) is 15.9 Å². The highest BCUT2D eigenvalue weighted by atomic mass is 79.9. The average Bonchev–Trinajstić information content (AvgIpc) is 2.99. The van der Waals surface area contributed by atoms with Crippen LogP contribution in [0.15, 0.2) is 22.7 Å². The van der Waals surface area contributed by atoms with Crippen molar-refractivity contribution in [2.45, 2.75) is 18.4 Å². The zero-order chi connectivity index (χ0) is 10.2. The topological polar surface area (TPSA) is 13.6 Å². The minimum atomic E-state index is -0.270. The molecular weight excluding hydrogens is 242 g/mol. The molecule has 14 heavy (non-hydrogen) atoms. The van der Waals surface area contributed by atoms with Crippen molar-refractivity contribution in [3.05, 3.63) is 39.7 Å². The molecule has 2 nitrogen and oxygen atoms in total. The van der Waals surface area contributed by atoms with E-state index < -0.39 is 0 Å². The van der Waals surface area contributed by atoms with Gasteiger partial charge in [-0.2, -0.15) is 0 Å². The van der Waals surface area contributed by atoms with E-state index in [1.54, 1.807) is 7.11 Å². The number of hydrogen-bond acceptors (Lipinski definition) is 1. The minimum absolute atomic E-state index is 0.270. The molecule has 0 aromatic heterocycles. The van der Waals surface area contributed by atoms with Gasteiger partial charge in [-0.3, -0.25) is 0 Å². The first kappa shape index (κ1) is 9.54. The molecule has 1 saturated carbocycles. The smallest absolute Gasteiger partial charge is 0.259 e. The first-order valence-corrected chi connectivity index (χ1v) is 5.24. The predicted molar refractivity (Wildman–Crippen MR) is 58.2 cm³/mol. The monoisotopic (exact) mass is 251 g/mol. The van der Waals surface area contributed by atoms with Crippen molar-refractivity contribution in [3.63, 3.8) is 0 Å². The van der Waals surface area contributed by atoms with Gasteiger partial charge in [-0.05, 0) is 18.2 Å². The van der Waals surface area contributed by atoms with Crippen molar-refractivity contribution < 1.29 is 4.74 Å². The predicted octanol–water partition coefficient (Wildman–Crippen LogP) is 3.37. The fourth-order valence-corrected chi connectivity index (χ4v) is 2.16. The highest BCUT2D eigenvalue weighted by molar-refractivity contribution is 9.10. The van der Waals surface area contributed by atoms with Gasteiger partial charge in [-0.15, -0.1) is 0 Å². The summed E-state index contributed by atoms with van der Waals surface area (Å²) in [5, 5.41) is 0. The van der Waals surface area contributed by atoms with E-state index in [0.29, 0.717) is 0 Å². The summed E-state index contributed by atoms with van der Waals surface area (Å²) in [6.45, 7) is 7.19. The lowest BCUT2D eigenvalue weighted by Crippen LogP contribution is -2.01. The highest BCUT2D eigenvalue weighted by Gasteiger charge is 2.53. The second kappa shape index (κ2) is 3.29. The summed E-state index contributed by atoms with van der Waals surface area (Å²) in [4.78, 5) is 3.70. The van der Waals surface area contributed by atoms with Crippen molar-refractivity contribution in [3.8, 4) is 5.75 Å². The Labute approximate surface area is 91.8 Å². The fourth-order valence-electron chi connectivity index (χ4n) is 1.55. The first-order valence-electron chi connectivity index (χ1n) is 4.44. The van der Waals surface area contributed by atoms with E-state index >= 15 is 0 Å². The Morgan fingerprint density at radius 1 is 1.50 bits per heavy atom. The molecule has 2 rings (SSSR count). The van der Waals surface area contributed by atoms with Crippen molar-refractivity contribution in [2.24, 2.45) is 0 Å². The summed E-state index contributed by atoms with van der Waals surface area (Å²) in [6, 6.07) is 5.79. The van der Waals surface area contributed by atoms with Gasteiger partial charge >= 0.3 is 0 Å². The van der Waals surface area contributed by atoms with E-state index in [1.807, 2.05) is 18.2 Å². The SMILES string of the molecule is [C-]#[N+]C1(c2cc(OC)ccc2Br)CC1. The maximum Gasteiger partial charge on any atom is 0.259 e. The molecular formula is C11H10BrNO. The van der Waals surface area contributed by atoms with Crippen molar-refractivity contribution in [2.75, 3.05) is 7.11 Å². The van der Waals surface area contributed by atoms with Crippen LogP contribution in [0.25, 0.3) is 4.85 Å². The van der Waals surface area contributed by atoms with Crippen LogP contribution in [0.2, 0.25) is 0 Å². The summed E-state index contributed by atoms with van der Waals surface area (Å²) in [5.41, 5.74) is 0.791. The van der Waals surface area contributed by atoms with Crippen LogP contribution in [0.5, 0.6) is 5.75 Å². The number of rotatable bonds is 2. The maximum atomic E-state index is 7.19. The van der Waals surface area contributed by atoms with Gasteiger partial charge in [0.2, 0.25) is 0 Å². The van der Waals surface area contributed by atoms with Crippen LogP contribution < -0.4 is 4.74 Å². The molecule has 0 amide bonds. The van der Waals surface area contributed by atoms with Crippen molar-refractivity contribution in [1.82, 2.24) is 0 Å². The lowest BCUT2D eigenvalue weighted by molar-refractivity contribution is 0.414. The lowest BCUT2D eigenvalue weighted by Gasteiger charge is -2.07. The molecule has 1 aliphatic rings. The third-order valence-electron chi connectivity index (χ3n) is 2.61. The molecule has 0 spiro atoms. The Morgan fingerprint density at radius 3 is 2.71 bits per heavy atom. The van der Waals surface area contributed by atoms with Crippen LogP contribution in [0.4, 0.5) is 0 Å². The number of methoxy groups -OCH3 is 1. The molecule has 0 N–H and O–H groups in total. The highest BCUT2D eigenvalue weighted by Crippen LogP contribution is 2.52. The van der Waals surface area contributed by atoms with E-state index in [4.69, 9.17) is 11.3 Å². The second-order valence-corrected chi connectivity index (χ2v) is 4.34. The zero-order valence-corrected chi connectivity index (χ0v) is 9.47. The Morgan fingerprint density at radius 2 is 2.21 bits per heavy atom. The fraction of sp³-hybridized carbons (Fsp3) is 0.364. The van der Waals surface area contributed by atoms with Crippen LogP contribution in [0.3, 0.4) is 0 Å².